The SMILES string of the molecule is COc1ccc(Oc2ncnc(Nc3ccccc3Cl)c2N)cc1. The van der Waals surface area contributed by atoms with Gasteiger partial charge in [-0.15, -0.1) is 0 Å². The van der Waals surface area contributed by atoms with Gasteiger partial charge in [0.2, 0.25) is 5.88 Å². The zero-order valence-electron chi connectivity index (χ0n) is 12.9. The highest BCUT2D eigenvalue weighted by atomic mass is 35.5. The molecule has 0 saturated carbocycles. The number of nitrogens with two attached hydrogens (primary N) is 1. The van der Waals surface area contributed by atoms with Crippen LogP contribution in [0.4, 0.5) is 17.2 Å². The third kappa shape index (κ3) is 3.49. The Balaban J connectivity index is 1.83. The summed E-state index contributed by atoms with van der Waals surface area (Å²) in [6.45, 7) is 0. The van der Waals surface area contributed by atoms with Crippen LogP contribution in [0.1, 0.15) is 0 Å². The van der Waals surface area contributed by atoms with Crippen LogP contribution in [0.25, 0.3) is 0 Å². The van der Waals surface area contributed by atoms with E-state index >= 15 is 0 Å². The molecule has 3 N–H and O–H groups in total. The first-order chi connectivity index (χ1) is 11.7. The molecule has 0 fully saturated rings. The normalized spacial score (nSPS) is 10.2. The Bertz CT molecular complexity index is 840. The summed E-state index contributed by atoms with van der Waals surface area (Å²) in [5, 5.41) is 3.64. The second-order valence-corrected chi connectivity index (χ2v) is 5.23. The first-order valence-corrected chi connectivity index (χ1v) is 7.49. The van der Waals surface area contributed by atoms with Crippen molar-refractivity contribution in [3.8, 4) is 17.4 Å². The van der Waals surface area contributed by atoms with Crippen LogP contribution in [0, 0.1) is 0 Å². The maximum Gasteiger partial charge on any atom is 0.248 e. The number of benzene rings is 2. The van der Waals surface area contributed by atoms with Crippen molar-refractivity contribution in [2.75, 3.05) is 18.2 Å². The van der Waals surface area contributed by atoms with Gasteiger partial charge in [-0.3, -0.25) is 0 Å². The Morgan fingerprint density at radius 3 is 2.42 bits per heavy atom. The summed E-state index contributed by atoms with van der Waals surface area (Å²) < 4.78 is 10.8. The van der Waals surface area contributed by atoms with Crippen LogP contribution < -0.4 is 20.5 Å². The minimum atomic E-state index is 0.254. The van der Waals surface area contributed by atoms with E-state index in [1.807, 2.05) is 18.2 Å². The molecule has 0 unspecified atom stereocenters. The number of methoxy groups -OCH3 is 1. The summed E-state index contributed by atoms with van der Waals surface area (Å²) in [4.78, 5) is 8.22. The highest BCUT2D eigenvalue weighted by Crippen LogP contribution is 2.33. The molecule has 6 nitrogen and oxygen atoms in total. The van der Waals surface area contributed by atoms with Gasteiger partial charge < -0.3 is 20.5 Å². The summed E-state index contributed by atoms with van der Waals surface area (Å²) in [6, 6.07) is 14.4. The molecule has 122 valence electrons. The third-order valence-corrected chi connectivity index (χ3v) is 3.58. The van der Waals surface area contributed by atoms with Crippen molar-refractivity contribution >= 4 is 28.8 Å². The fraction of sp³-hybridized carbons (Fsp3) is 0.0588. The summed E-state index contributed by atoms with van der Waals surface area (Å²) in [5.74, 6) is 2.00. The van der Waals surface area contributed by atoms with Crippen LogP contribution in [0.5, 0.6) is 17.4 Å². The highest BCUT2D eigenvalue weighted by molar-refractivity contribution is 6.33. The van der Waals surface area contributed by atoms with E-state index in [0.29, 0.717) is 22.3 Å². The van der Waals surface area contributed by atoms with Gasteiger partial charge in [0.1, 0.15) is 23.5 Å². The first-order valence-electron chi connectivity index (χ1n) is 7.11. The highest BCUT2D eigenvalue weighted by Gasteiger charge is 2.11. The number of rotatable bonds is 5. The predicted molar refractivity (Wildman–Crippen MR) is 94.2 cm³/mol. The van der Waals surface area contributed by atoms with Crippen molar-refractivity contribution in [3.63, 3.8) is 0 Å². The van der Waals surface area contributed by atoms with Crippen molar-refractivity contribution < 1.29 is 9.47 Å². The number of hydrogen-bond donors (Lipinski definition) is 2. The van der Waals surface area contributed by atoms with Gasteiger partial charge in [-0.1, -0.05) is 23.7 Å². The van der Waals surface area contributed by atoms with Gasteiger partial charge in [-0.2, -0.15) is 4.98 Å². The molecule has 24 heavy (non-hydrogen) atoms. The number of anilines is 3. The van der Waals surface area contributed by atoms with Gasteiger partial charge in [0.15, 0.2) is 5.82 Å². The molecule has 3 rings (SSSR count). The third-order valence-electron chi connectivity index (χ3n) is 3.25. The monoisotopic (exact) mass is 342 g/mol. The number of halogens is 1. The maximum absolute atomic E-state index is 6.13. The van der Waals surface area contributed by atoms with Gasteiger partial charge in [0.25, 0.3) is 0 Å². The largest absolute Gasteiger partial charge is 0.497 e. The molecule has 2 aromatic carbocycles. The molecule has 0 spiro atoms. The summed E-state index contributed by atoms with van der Waals surface area (Å²) >= 11 is 6.13. The quantitative estimate of drug-likeness (QED) is 0.721. The lowest BCUT2D eigenvalue weighted by molar-refractivity contribution is 0.412. The zero-order chi connectivity index (χ0) is 16.9. The standard InChI is InChI=1S/C17H15ClN4O2/c1-23-11-6-8-12(9-7-11)24-17-15(19)16(20-10-21-17)22-14-5-3-2-4-13(14)18/h2-10H,19H2,1H3,(H,20,21,22). The minimum absolute atomic E-state index is 0.254. The molecule has 1 aromatic heterocycles. The molecule has 0 aliphatic rings. The van der Waals surface area contributed by atoms with Crippen molar-refractivity contribution in [2.45, 2.75) is 0 Å². The molecule has 7 heteroatoms. The second-order valence-electron chi connectivity index (χ2n) is 4.82. The van der Waals surface area contributed by atoms with Crippen LogP contribution in [0.15, 0.2) is 54.9 Å². The van der Waals surface area contributed by atoms with Crippen molar-refractivity contribution in [1.82, 2.24) is 9.97 Å². The summed E-state index contributed by atoms with van der Waals surface area (Å²) in [5.41, 5.74) is 7.08. The van der Waals surface area contributed by atoms with E-state index in [4.69, 9.17) is 26.8 Å². The Hall–Kier alpha value is -2.99. The number of para-hydroxylation sites is 1. The van der Waals surface area contributed by atoms with E-state index in [-0.39, 0.29) is 11.6 Å². The number of ether oxygens (including phenoxy) is 2. The van der Waals surface area contributed by atoms with Crippen molar-refractivity contribution in [1.29, 1.82) is 0 Å². The fourth-order valence-electron chi connectivity index (χ4n) is 2.01. The summed E-state index contributed by atoms with van der Waals surface area (Å²) in [7, 11) is 1.60. The Labute approximate surface area is 144 Å². The van der Waals surface area contributed by atoms with Crippen LogP contribution in [0.2, 0.25) is 5.02 Å². The van der Waals surface area contributed by atoms with Gasteiger partial charge in [0.05, 0.1) is 17.8 Å². The fourth-order valence-corrected chi connectivity index (χ4v) is 2.19. The zero-order valence-corrected chi connectivity index (χ0v) is 13.6. The van der Waals surface area contributed by atoms with Crippen molar-refractivity contribution in [3.05, 3.63) is 59.9 Å². The number of hydrogen-bond acceptors (Lipinski definition) is 6. The molecular formula is C17H15ClN4O2. The number of nitrogen functional groups attached to an aromatic ring is 1. The van der Waals surface area contributed by atoms with Crippen LogP contribution in [0.3, 0.4) is 0 Å². The number of nitrogens with one attached hydrogen (secondary N) is 1. The smallest absolute Gasteiger partial charge is 0.248 e. The summed E-state index contributed by atoms with van der Waals surface area (Å²) in [6.07, 6.45) is 1.37. The van der Waals surface area contributed by atoms with E-state index in [1.165, 1.54) is 6.33 Å². The molecular weight excluding hydrogens is 328 g/mol. The van der Waals surface area contributed by atoms with E-state index < -0.39 is 0 Å². The lowest BCUT2D eigenvalue weighted by Gasteiger charge is -2.12. The minimum Gasteiger partial charge on any atom is -0.497 e. The number of aromatic nitrogens is 2. The first kappa shape index (κ1) is 15.9. The number of nitrogens with zero attached hydrogens (tertiary/aromatic N) is 2. The van der Waals surface area contributed by atoms with Gasteiger partial charge in [0, 0.05) is 0 Å². The topological polar surface area (TPSA) is 82.3 Å². The predicted octanol–water partition coefficient (Wildman–Crippen LogP) is 4.26. The van der Waals surface area contributed by atoms with Gasteiger partial charge in [-0.05, 0) is 36.4 Å². The molecule has 3 aromatic rings. The van der Waals surface area contributed by atoms with Crippen molar-refractivity contribution in [2.24, 2.45) is 0 Å². The van der Waals surface area contributed by atoms with E-state index in [9.17, 15) is 0 Å². The molecule has 0 aliphatic heterocycles. The molecule has 0 atom stereocenters. The van der Waals surface area contributed by atoms with Crippen LogP contribution in [-0.4, -0.2) is 17.1 Å². The van der Waals surface area contributed by atoms with E-state index in [2.05, 4.69) is 15.3 Å². The average Bonchev–Trinajstić information content (AvgIpc) is 2.61. The lowest BCUT2D eigenvalue weighted by atomic mass is 10.3. The Morgan fingerprint density at radius 1 is 1.00 bits per heavy atom. The Morgan fingerprint density at radius 2 is 1.71 bits per heavy atom. The Kier molecular flexibility index (Phi) is 4.67. The molecule has 0 amide bonds. The lowest BCUT2D eigenvalue weighted by Crippen LogP contribution is -2.03. The molecule has 0 aliphatic carbocycles. The van der Waals surface area contributed by atoms with Crippen LogP contribution >= 0.6 is 11.6 Å². The molecule has 0 bridgehead atoms. The maximum atomic E-state index is 6.13. The van der Waals surface area contributed by atoms with E-state index in [1.54, 1.807) is 37.4 Å². The van der Waals surface area contributed by atoms with Gasteiger partial charge in [-0.25, -0.2) is 4.98 Å². The molecule has 1 heterocycles. The second kappa shape index (κ2) is 7.06. The van der Waals surface area contributed by atoms with Gasteiger partial charge >= 0.3 is 0 Å². The molecule has 0 saturated heterocycles. The van der Waals surface area contributed by atoms with Crippen LogP contribution in [-0.2, 0) is 0 Å². The average molecular weight is 343 g/mol. The molecule has 0 radical (unpaired) electrons. The van der Waals surface area contributed by atoms with E-state index in [0.717, 1.165) is 5.75 Å².